The minimum absolute atomic E-state index is 0.0441. The van der Waals surface area contributed by atoms with E-state index in [4.69, 9.17) is 11.6 Å². The second-order valence-corrected chi connectivity index (χ2v) is 6.72. The summed E-state index contributed by atoms with van der Waals surface area (Å²) in [5.74, 6) is -0.0691. The highest BCUT2D eigenvalue weighted by atomic mass is 35.5. The van der Waals surface area contributed by atoms with E-state index in [1.165, 1.54) is 4.68 Å². The van der Waals surface area contributed by atoms with E-state index in [0.717, 1.165) is 22.6 Å². The Hall–Kier alpha value is -3.20. The Morgan fingerprint density at radius 3 is 3.00 bits per heavy atom. The monoisotopic (exact) mass is 382 g/mol. The van der Waals surface area contributed by atoms with E-state index in [2.05, 4.69) is 25.1 Å². The molecule has 0 aliphatic carbocycles. The van der Waals surface area contributed by atoms with Gasteiger partial charge in [0.05, 0.1) is 23.2 Å². The Morgan fingerprint density at radius 2 is 2.22 bits per heavy atom. The van der Waals surface area contributed by atoms with Crippen molar-refractivity contribution < 1.29 is 4.79 Å². The van der Waals surface area contributed by atoms with Gasteiger partial charge in [0.2, 0.25) is 11.1 Å². The fourth-order valence-corrected chi connectivity index (χ4v) is 3.75. The lowest BCUT2D eigenvalue weighted by molar-refractivity contribution is 0.0669. The van der Waals surface area contributed by atoms with Crippen molar-refractivity contribution in [1.29, 1.82) is 0 Å². The number of rotatable bonds is 2. The molecule has 1 aliphatic rings. The number of carbonyl (C=O) groups is 1. The summed E-state index contributed by atoms with van der Waals surface area (Å²) in [5, 5.41) is 8.69. The van der Waals surface area contributed by atoms with Crippen molar-refractivity contribution in [3.63, 3.8) is 0 Å². The van der Waals surface area contributed by atoms with Gasteiger partial charge in [0.1, 0.15) is 6.04 Å². The van der Waals surface area contributed by atoms with Gasteiger partial charge in [0.15, 0.2) is 0 Å². The van der Waals surface area contributed by atoms with Crippen LogP contribution in [0.3, 0.4) is 0 Å². The van der Waals surface area contributed by atoms with E-state index in [0.29, 0.717) is 13.0 Å². The van der Waals surface area contributed by atoms with Gasteiger partial charge in [0.25, 0.3) is 5.91 Å². The standard InChI is InChI=1S/C17H15ClN8O/c1-24-15(21-17(18)23-24)16(27)25-7-5-11-13(20-9-19-11)14(25)12-8-10-4-2-3-6-26(10)22-12/h2-4,6,8-9,14H,5,7H2,1H3,(H,19,20). The Kier molecular flexibility index (Phi) is 3.51. The molecule has 5 heterocycles. The Labute approximate surface area is 158 Å². The second kappa shape index (κ2) is 5.92. The molecule has 27 heavy (non-hydrogen) atoms. The Balaban J connectivity index is 1.64. The van der Waals surface area contributed by atoms with Crippen LogP contribution in [-0.4, -0.2) is 51.7 Å². The maximum Gasteiger partial charge on any atom is 0.292 e. The van der Waals surface area contributed by atoms with E-state index in [1.807, 2.05) is 30.5 Å². The van der Waals surface area contributed by atoms with Crippen molar-refractivity contribution in [3.8, 4) is 0 Å². The van der Waals surface area contributed by atoms with Crippen LogP contribution in [0.2, 0.25) is 5.28 Å². The van der Waals surface area contributed by atoms with Gasteiger partial charge in [-0.2, -0.15) is 10.1 Å². The molecule has 9 nitrogen and oxygen atoms in total. The summed E-state index contributed by atoms with van der Waals surface area (Å²) in [7, 11) is 1.65. The number of fused-ring (bicyclic) bond motifs is 2. The molecule has 1 aliphatic heterocycles. The van der Waals surface area contributed by atoms with E-state index in [-0.39, 0.29) is 17.0 Å². The molecule has 1 N–H and O–H groups in total. The van der Waals surface area contributed by atoms with Gasteiger partial charge in [-0.05, 0) is 29.8 Å². The number of halogens is 1. The molecule has 136 valence electrons. The first-order valence-corrected chi connectivity index (χ1v) is 8.83. The number of imidazole rings is 1. The lowest BCUT2D eigenvalue weighted by atomic mass is 9.99. The fraction of sp³-hybridized carbons (Fsp3) is 0.235. The Bertz CT molecular complexity index is 1130. The van der Waals surface area contributed by atoms with E-state index < -0.39 is 6.04 Å². The third-order valence-corrected chi connectivity index (χ3v) is 4.94. The molecule has 1 atom stereocenters. The first kappa shape index (κ1) is 16.0. The molecule has 0 fully saturated rings. The molecule has 0 radical (unpaired) electrons. The van der Waals surface area contributed by atoms with E-state index in [9.17, 15) is 4.79 Å². The number of aromatic amines is 1. The number of aromatic nitrogens is 7. The van der Waals surface area contributed by atoms with Crippen molar-refractivity contribution in [2.75, 3.05) is 6.54 Å². The number of H-pyrrole nitrogens is 1. The van der Waals surface area contributed by atoms with Gasteiger partial charge in [-0.1, -0.05) is 6.07 Å². The van der Waals surface area contributed by atoms with Gasteiger partial charge in [-0.3, -0.25) is 4.79 Å². The molecule has 1 amide bonds. The van der Waals surface area contributed by atoms with Crippen molar-refractivity contribution in [2.24, 2.45) is 7.05 Å². The number of nitrogens with zero attached hydrogens (tertiary/aromatic N) is 7. The smallest absolute Gasteiger partial charge is 0.292 e. The van der Waals surface area contributed by atoms with Crippen LogP contribution in [0.4, 0.5) is 0 Å². The average Bonchev–Trinajstić information content (AvgIpc) is 3.37. The fourth-order valence-electron chi connectivity index (χ4n) is 3.55. The normalized spacial score (nSPS) is 16.7. The van der Waals surface area contributed by atoms with Crippen molar-refractivity contribution >= 4 is 23.0 Å². The molecule has 10 heteroatoms. The molecular formula is C17H15ClN8O. The quantitative estimate of drug-likeness (QED) is 0.568. The topological polar surface area (TPSA) is 97.0 Å². The SMILES string of the molecule is Cn1nc(Cl)nc1C(=O)N1CCc2[nH]cnc2C1c1cc2ccccn2n1. The minimum atomic E-state index is -0.414. The molecule has 4 aromatic heterocycles. The summed E-state index contributed by atoms with van der Waals surface area (Å²) < 4.78 is 3.18. The van der Waals surface area contributed by atoms with Crippen LogP contribution < -0.4 is 0 Å². The molecule has 0 saturated carbocycles. The number of hydrogen-bond acceptors (Lipinski definition) is 5. The highest BCUT2D eigenvalue weighted by Gasteiger charge is 2.37. The summed E-state index contributed by atoms with van der Waals surface area (Å²) in [4.78, 5) is 26.7. The molecule has 4 aromatic rings. The summed E-state index contributed by atoms with van der Waals surface area (Å²) in [6, 6.07) is 7.39. The molecular weight excluding hydrogens is 368 g/mol. The molecule has 5 rings (SSSR count). The predicted octanol–water partition coefficient (Wildman–Crippen LogP) is 1.63. The van der Waals surface area contributed by atoms with Gasteiger partial charge in [-0.15, -0.1) is 5.10 Å². The van der Waals surface area contributed by atoms with E-state index in [1.54, 1.807) is 22.8 Å². The van der Waals surface area contributed by atoms with Gasteiger partial charge in [0, 0.05) is 31.9 Å². The summed E-state index contributed by atoms with van der Waals surface area (Å²) >= 11 is 5.87. The largest absolute Gasteiger partial charge is 0.348 e. The zero-order valence-corrected chi connectivity index (χ0v) is 15.1. The number of amides is 1. The summed E-state index contributed by atoms with van der Waals surface area (Å²) in [6.45, 7) is 0.511. The summed E-state index contributed by atoms with van der Waals surface area (Å²) in [6.07, 6.45) is 4.21. The van der Waals surface area contributed by atoms with Gasteiger partial charge >= 0.3 is 0 Å². The summed E-state index contributed by atoms with van der Waals surface area (Å²) in [5.41, 5.74) is 3.50. The van der Waals surface area contributed by atoms with Crippen LogP contribution in [0.1, 0.15) is 33.7 Å². The highest BCUT2D eigenvalue weighted by molar-refractivity contribution is 6.28. The molecule has 1 unspecified atom stereocenters. The molecule has 0 spiro atoms. The van der Waals surface area contributed by atoms with Crippen molar-refractivity contribution in [2.45, 2.75) is 12.5 Å². The second-order valence-electron chi connectivity index (χ2n) is 6.38. The van der Waals surface area contributed by atoms with Crippen molar-refractivity contribution in [3.05, 3.63) is 65.0 Å². The van der Waals surface area contributed by atoms with Crippen LogP contribution in [0.5, 0.6) is 0 Å². The van der Waals surface area contributed by atoms with Gasteiger partial charge < -0.3 is 9.88 Å². The van der Waals surface area contributed by atoms with Crippen LogP contribution in [-0.2, 0) is 13.5 Å². The molecule has 0 bridgehead atoms. The van der Waals surface area contributed by atoms with Crippen LogP contribution in [0.15, 0.2) is 36.8 Å². The maximum atomic E-state index is 13.2. The maximum absolute atomic E-state index is 13.2. The predicted molar refractivity (Wildman–Crippen MR) is 96.4 cm³/mol. The lowest BCUT2D eigenvalue weighted by Crippen LogP contribution is -2.42. The highest BCUT2D eigenvalue weighted by Crippen LogP contribution is 2.34. The number of hydrogen-bond donors (Lipinski definition) is 1. The zero-order chi connectivity index (χ0) is 18.5. The number of nitrogens with one attached hydrogen (secondary N) is 1. The first-order chi connectivity index (χ1) is 13.1. The van der Waals surface area contributed by atoms with E-state index >= 15 is 0 Å². The molecule has 0 saturated heterocycles. The number of pyridine rings is 1. The minimum Gasteiger partial charge on any atom is -0.348 e. The number of carbonyl (C=O) groups excluding carboxylic acids is 1. The molecule has 0 aromatic carbocycles. The third-order valence-electron chi connectivity index (χ3n) is 4.78. The van der Waals surface area contributed by atoms with Crippen molar-refractivity contribution in [1.82, 2.24) is 39.2 Å². The first-order valence-electron chi connectivity index (χ1n) is 8.46. The van der Waals surface area contributed by atoms with Crippen LogP contribution in [0, 0.1) is 0 Å². The lowest BCUT2D eigenvalue weighted by Gasteiger charge is -2.33. The Morgan fingerprint density at radius 1 is 1.33 bits per heavy atom. The zero-order valence-electron chi connectivity index (χ0n) is 14.4. The third kappa shape index (κ3) is 2.50. The van der Waals surface area contributed by atoms with Gasteiger partial charge in [-0.25, -0.2) is 14.2 Å². The van der Waals surface area contributed by atoms with Crippen LogP contribution >= 0.6 is 11.6 Å². The average molecular weight is 383 g/mol. The van der Waals surface area contributed by atoms with Crippen LogP contribution in [0.25, 0.3) is 5.52 Å². The number of aryl methyl sites for hydroxylation is 1.